The Labute approximate surface area is 598 Å². The Morgan fingerprint density at radius 3 is 0.583 bits per heavy atom. The molecule has 0 amide bonds. The molecule has 3 aromatic carbocycles. The highest BCUT2D eigenvalue weighted by Crippen LogP contribution is 2.33. The second kappa shape index (κ2) is 61.6. The molecule has 0 radical (unpaired) electrons. The van der Waals surface area contributed by atoms with Crippen LogP contribution in [0, 0.1) is 0 Å². The Balaban J connectivity index is 1.55. The standard InChI is InChI=1S/C90H162N2O4/c1-9-13-17-21-25-29-33-37-41-45-49-53-57-61-72-93-87-70-68-85(77-89(87)95-74-63-59-55-51-47-43-39-35-31-27-23-19-15-11-3)81-91(5,6)79-83-66-65-67-84(76-83)80-92(7,8)82-86-69-71-88(94-73-62-58-54-50-46-42-38-34-30-26-22-18-14-10-2)90(78-86)96-75-64-60-56-52-48-44-40-36-32-28-24-20-16-12-4/h65-71,76-78H,9-64,72-75,79-82H2,1-8H3/q+2. The molecule has 0 N–H and O–H groups in total. The van der Waals surface area contributed by atoms with Gasteiger partial charge in [0.1, 0.15) is 26.2 Å². The summed E-state index contributed by atoms with van der Waals surface area (Å²) >= 11 is 0. The third kappa shape index (κ3) is 50.2. The van der Waals surface area contributed by atoms with Gasteiger partial charge in [0.25, 0.3) is 0 Å². The Morgan fingerprint density at radius 1 is 0.198 bits per heavy atom. The highest BCUT2D eigenvalue weighted by molar-refractivity contribution is 5.44. The van der Waals surface area contributed by atoms with Gasteiger partial charge >= 0.3 is 0 Å². The van der Waals surface area contributed by atoms with Gasteiger partial charge in [-0.25, -0.2) is 0 Å². The van der Waals surface area contributed by atoms with Crippen molar-refractivity contribution in [2.24, 2.45) is 0 Å². The van der Waals surface area contributed by atoms with Crippen molar-refractivity contribution in [3.05, 3.63) is 82.9 Å². The quantitative estimate of drug-likeness (QED) is 0.0417. The largest absolute Gasteiger partial charge is 0.490 e. The van der Waals surface area contributed by atoms with E-state index in [-0.39, 0.29) is 0 Å². The first-order valence-electron chi connectivity index (χ1n) is 42.6. The molecule has 0 aliphatic rings. The minimum Gasteiger partial charge on any atom is -0.490 e. The summed E-state index contributed by atoms with van der Waals surface area (Å²) in [6, 6.07) is 23.0. The lowest BCUT2D eigenvalue weighted by Crippen LogP contribution is -2.38. The molecule has 554 valence electrons. The smallest absolute Gasteiger partial charge is 0.161 e. The molecule has 0 aliphatic carbocycles. The van der Waals surface area contributed by atoms with Gasteiger partial charge in [-0.15, -0.1) is 0 Å². The molecule has 3 rings (SSSR count). The first kappa shape index (κ1) is 87.0. The van der Waals surface area contributed by atoms with Crippen LogP contribution in [0.5, 0.6) is 23.0 Å². The maximum absolute atomic E-state index is 6.67. The molecule has 0 atom stereocenters. The zero-order chi connectivity index (χ0) is 68.8. The fraction of sp³-hybridized carbons (Fsp3) is 0.800. The van der Waals surface area contributed by atoms with E-state index in [1.54, 1.807) is 0 Å². The van der Waals surface area contributed by atoms with E-state index in [2.05, 4.69) is 117 Å². The number of quaternary nitrogens is 2. The summed E-state index contributed by atoms with van der Waals surface area (Å²) < 4.78 is 28.2. The van der Waals surface area contributed by atoms with Crippen LogP contribution in [0.1, 0.15) is 410 Å². The molecular formula is C90H162N2O4+2. The van der Waals surface area contributed by atoms with Crippen molar-refractivity contribution in [2.75, 3.05) is 54.6 Å². The number of hydrogen-bond acceptors (Lipinski definition) is 4. The summed E-state index contributed by atoms with van der Waals surface area (Å²) in [5, 5.41) is 0. The molecule has 0 aromatic heterocycles. The predicted octanol–water partition coefficient (Wildman–Crippen LogP) is 28.7. The highest BCUT2D eigenvalue weighted by atomic mass is 16.5. The van der Waals surface area contributed by atoms with Crippen LogP contribution >= 0.6 is 0 Å². The molecule has 0 bridgehead atoms. The van der Waals surface area contributed by atoms with Crippen LogP contribution in [-0.2, 0) is 26.2 Å². The zero-order valence-corrected chi connectivity index (χ0v) is 65.6. The molecule has 6 heteroatoms. The Kier molecular flexibility index (Phi) is 55.9. The van der Waals surface area contributed by atoms with Gasteiger partial charge in [0, 0.05) is 22.3 Å². The van der Waals surface area contributed by atoms with Crippen molar-refractivity contribution in [3.8, 4) is 23.0 Å². The van der Waals surface area contributed by atoms with E-state index in [0.717, 1.165) is 110 Å². The van der Waals surface area contributed by atoms with Crippen molar-refractivity contribution in [2.45, 2.75) is 413 Å². The molecule has 3 aromatic rings. The van der Waals surface area contributed by atoms with E-state index in [9.17, 15) is 0 Å². The normalized spacial score (nSPS) is 11.9. The van der Waals surface area contributed by atoms with Crippen molar-refractivity contribution in [1.29, 1.82) is 0 Å². The number of nitrogens with zero attached hydrogens (tertiary/aromatic N) is 2. The Bertz CT molecular complexity index is 2020. The Hall–Kier alpha value is -3.22. The second-order valence-corrected chi connectivity index (χ2v) is 31.7. The average Bonchev–Trinajstić information content (AvgIpc) is 0.861. The van der Waals surface area contributed by atoms with Gasteiger partial charge in [-0.1, -0.05) is 380 Å². The van der Waals surface area contributed by atoms with Crippen LogP contribution in [0.25, 0.3) is 0 Å². The van der Waals surface area contributed by atoms with Gasteiger partial charge < -0.3 is 27.9 Å². The number of ether oxygens (including phenoxy) is 4. The monoisotopic (exact) mass is 1340 g/mol. The van der Waals surface area contributed by atoms with Crippen molar-refractivity contribution >= 4 is 0 Å². The van der Waals surface area contributed by atoms with Crippen LogP contribution in [0.2, 0.25) is 0 Å². The lowest BCUT2D eigenvalue weighted by molar-refractivity contribution is -0.917. The molecule has 0 aliphatic heterocycles. The summed E-state index contributed by atoms with van der Waals surface area (Å²) in [7, 11) is 9.53. The molecule has 0 fully saturated rings. The lowest BCUT2D eigenvalue weighted by Gasteiger charge is -2.32. The summed E-state index contributed by atoms with van der Waals surface area (Å²) in [6.45, 7) is 16.0. The second-order valence-electron chi connectivity index (χ2n) is 31.7. The minimum absolute atomic E-state index is 0.754. The molecule has 0 unspecified atom stereocenters. The number of benzene rings is 3. The first-order chi connectivity index (χ1) is 47.1. The maximum atomic E-state index is 6.67. The average molecular weight is 1340 g/mol. The van der Waals surface area contributed by atoms with Crippen molar-refractivity contribution in [3.63, 3.8) is 0 Å². The third-order valence-electron chi connectivity index (χ3n) is 20.5. The fourth-order valence-corrected chi connectivity index (χ4v) is 14.6. The fourth-order valence-electron chi connectivity index (χ4n) is 14.6. The first-order valence-corrected chi connectivity index (χ1v) is 42.6. The SMILES string of the molecule is CCCCCCCCCCCCCCCCOc1ccc(C[N+](C)(C)Cc2cccc(C[N+](C)(C)Cc3ccc(OCCCCCCCCCCCCCCCC)c(OCCCCCCCCCCCCCCCC)c3)c2)cc1OCCCCCCCCCCCCCCCC. The predicted molar refractivity (Wildman–Crippen MR) is 422 cm³/mol. The van der Waals surface area contributed by atoms with Gasteiger partial charge in [-0.3, -0.25) is 0 Å². The number of rotatable bonds is 72. The van der Waals surface area contributed by atoms with Gasteiger partial charge in [0.15, 0.2) is 23.0 Å². The Morgan fingerprint density at radius 2 is 0.375 bits per heavy atom. The van der Waals surface area contributed by atoms with Crippen LogP contribution in [0.15, 0.2) is 60.7 Å². The van der Waals surface area contributed by atoms with Gasteiger partial charge in [0.05, 0.1) is 54.6 Å². The number of unbranched alkanes of at least 4 members (excludes halogenated alkanes) is 52. The molecule has 0 saturated carbocycles. The molecular weight excluding hydrogens is 1170 g/mol. The van der Waals surface area contributed by atoms with Crippen LogP contribution < -0.4 is 18.9 Å². The molecule has 96 heavy (non-hydrogen) atoms. The summed E-state index contributed by atoms with van der Waals surface area (Å²) in [5.41, 5.74) is 5.39. The molecule has 0 spiro atoms. The van der Waals surface area contributed by atoms with E-state index in [1.165, 1.54) is 356 Å². The molecule has 0 saturated heterocycles. The van der Waals surface area contributed by atoms with Crippen molar-refractivity contribution < 1.29 is 27.9 Å². The minimum atomic E-state index is 0.754. The van der Waals surface area contributed by atoms with Crippen LogP contribution in [-0.4, -0.2) is 63.6 Å². The highest BCUT2D eigenvalue weighted by Gasteiger charge is 2.22. The lowest BCUT2D eigenvalue weighted by atomic mass is 10.0. The van der Waals surface area contributed by atoms with E-state index in [1.807, 2.05) is 0 Å². The van der Waals surface area contributed by atoms with E-state index < -0.39 is 0 Å². The van der Waals surface area contributed by atoms with E-state index >= 15 is 0 Å². The third-order valence-corrected chi connectivity index (χ3v) is 20.5. The zero-order valence-electron chi connectivity index (χ0n) is 65.6. The summed E-state index contributed by atoms with van der Waals surface area (Å²) in [5.74, 6) is 3.70. The topological polar surface area (TPSA) is 36.9 Å². The maximum Gasteiger partial charge on any atom is 0.161 e. The van der Waals surface area contributed by atoms with E-state index in [4.69, 9.17) is 18.9 Å². The molecule has 6 nitrogen and oxygen atoms in total. The summed E-state index contributed by atoms with van der Waals surface area (Å²) in [4.78, 5) is 0. The van der Waals surface area contributed by atoms with E-state index in [0.29, 0.717) is 0 Å². The molecule has 0 heterocycles. The summed E-state index contributed by atoms with van der Waals surface area (Å²) in [6.07, 6.45) is 76.5. The van der Waals surface area contributed by atoms with Gasteiger partial charge in [-0.2, -0.15) is 0 Å². The van der Waals surface area contributed by atoms with Gasteiger partial charge in [0.2, 0.25) is 0 Å². The van der Waals surface area contributed by atoms with Crippen molar-refractivity contribution in [1.82, 2.24) is 0 Å². The van der Waals surface area contributed by atoms with Crippen LogP contribution in [0.3, 0.4) is 0 Å². The van der Waals surface area contributed by atoms with Gasteiger partial charge in [-0.05, 0) is 68.1 Å². The number of hydrogen-bond donors (Lipinski definition) is 0. The van der Waals surface area contributed by atoms with Crippen LogP contribution in [0.4, 0.5) is 0 Å².